The molecule has 1 unspecified atom stereocenters. The summed E-state index contributed by atoms with van der Waals surface area (Å²) < 4.78 is 38.4. The lowest BCUT2D eigenvalue weighted by Gasteiger charge is -2.15. The molecule has 0 spiro atoms. The van der Waals surface area contributed by atoms with E-state index in [-0.39, 0.29) is 5.69 Å². The summed E-state index contributed by atoms with van der Waals surface area (Å²) in [6.45, 7) is 0. The number of anilines is 1. The van der Waals surface area contributed by atoms with E-state index in [0.29, 0.717) is 11.1 Å². The highest BCUT2D eigenvalue weighted by molar-refractivity contribution is 7.92. The predicted octanol–water partition coefficient (Wildman–Crippen LogP) is 1.81. The second kappa shape index (κ2) is 6.15. The quantitative estimate of drug-likeness (QED) is 0.880. The van der Waals surface area contributed by atoms with E-state index in [1.807, 2.05) is 0 Å². The minimum Gasteiger partial charge on any atom is -0.369 e. The molecule has 0 bridgehead atoms. The smallest absolute Gasteiger partial charge is 0.229 e. The molecule has 1 amide bonds. The highest BCUT2D eigenvalue weighted by atomic mass is 32.2. The van der Waals surface area contributed by atoms with Crippen molar-refractivity contribution in [2.24, 2.45) is 5.73 Å². The van der Waals surface area contributed by atoms with Crippen LogP contribution in [-0.2, 0) is 14.8 Å². The fraction of sp³-hybridized carbons (Fsp3) is 0.133. The molecule has 0 aliphatic carbocycles. The molecule has 0 fully saturated rings. The molecular formula is C15H15FN2O3S. The highest BCUT2D eigenvalue weighted by Crippen LogP contribution is 2.27. The van der Waals surface area contributed by atoms with Crippen LogP contribution >= 0.6 is 0 Å². The average Bonchev–Trinajstić information content (AvgIpc) is 2.41. The molecule has 2 aromatic rings. The number of sulfonamides is 1. The van der Waals surface area contributed by atoms with Crippen molar-refractivity contribution < 1.29 is 17.6 Å². The van der Waals surface area contributed by atoms with Crippen molar-refractivity contribution in [1.29, 1.82) is 0 Å². The van der Waals surface area contributed by atoms with Gasteiger partial charge in [0.2, 0.25) is 15.9 Å². The Bertz CT molecular complexity index is 792. The summed E-state index contributed by atoms with van der Waals surface area (Å²) in [6, 6.07) is 12.6. The minimum absolute atomic E-state index is 0.178. The van der Waals surface area contributed by atoms with Gasteiger partial charge < -0.3 is 5.73 Å². The molecule has 0 aliphatic rings. The van der Waals surface area contributed by atoms with E-state index in [1.165, 1.54) is 12.1 Å². The van der Waals surface area contributed by atoms with Crippen LogP contribution in [0, 0.1) is 5.82 Å². The van der Waals surface area contributed by atoms with Crippen LogP contribution in [0.1, 0.15) is 17.0 Å². The normalized spacial score (nSPS) is 12.6. The fourth-order valence-corrected chi connectivity index (χ4v) is 2.72. The molecule has 116 valence electrons. The van der Waals surface area contributed by atoms with Crippen LogP contribution < -0.4 is 10.5 Å². The third-order valence-electron chi connectivity index (χ3n) is 3.04. The third kappa shape index (κ3) is 3.82. The lowest BCUT2D eigenvalue weighted by molar-refractivity contribution is -0.118. The number of carbonyl (C=O) groups is 1. The molecule has 0 aromatic heterocycles. The monoisotopic (exact) mass is 322 g/mol. The molecule has 7 heteroatoms. The van der Waals surface area contributed by atoms with Crippen molar-refractivity contribution in [3.8, 4) is 0 Å². The lowest BCUT2D eigenvalue weighted by Crippen LogP contribution is -2.22. The Morgan fingerprint density at radius 3 is 2.27 bits per heavy atom. The summed E-state index contributed by atoms with van der Waals surface area (Å²) in [7, 11) is -3.58. The number of carbonyl (C=O) groups excluding carboxylic acids is 1. The van der Waals surface area contributed by atoms with E-state index in [4.69, 9.17) is 5.73 Å². The number of halogens is 1. The van der Waals surface area contributed by atoms with Gasteiger partial charge in [-0.15, -0.1) is 0 Å². The Labute approximate surface area is 128 Å². The largest absolute Gasteiger partial charge is 0.369 e. The zero-order valence-corrected chi connectivity index (χ0v) is 12.6. The Morgan fingerprint density at radius 1 is 1.14 bits per heavy atom. The fourth-order valence-electron chi connectivity index (χ4n) is 2.16. The first-order chi connectivity index (χ1) is 10.3. The first-order valence-corrected chi connectivity index (χ1v) is 8.28. The van der Waals surface area contributed by atoms with Gasteiger partial charge in [-0.05, 0) is 23.3 Å². The van der Waals surface area contributed by atoms with E-state index in [1.54, 1.807) is 30.3 Å². The summed E-state index contributed by atoms with van der Waals surface area (Å²) in [5.74, 6) is -2.19. The predicted molar refractivity (Wildman–Crippen MR) is 82.3 cm³/mol. The first kappa shape index (κ1) is 16.0. The second-order valence-corrected chi connectivity index (χ2v) is 6.61. The lowest BCUT2D eigenvalue weighted by atomic mass is 9.90. The summed E-state index contributed by atoms with van der Waals surface area (Å²) in [4.78, 5) is 11.7. The molecular weight excluding hydrogens is 307 g/mol. The van der Waals surface area contributed by atoms with Crippen LogP contribution in [0.15, 0.2) is 48.5 Å². The molecule has 2 rings (SSSR count). The van der Waals surface area contributed by atoms with Gasteiger partial charge in [0.15, 0.2) is 0 Å². The number of benzene rings is 2. The Hall–Kier alpha value is -2.41. The Kier molecular flexibility index (Phi) is 4.46. The van der Waals surface area contributed by atoms with Gasteiger partial charge in [0, 0.05) is 0 Å². The molecule has 1 atom stereocenters. The van der Waals surface area contributed by atoms with Crippen LogP contribution in [-0.4, -0.2) is 20.6 Å². The van der Waals surface area contributed by atoms with Gasteiger partial charge in [-0.25, -0.2) is 12.8 Å². The molecule has 3 N–H and O–H groups in total. The number of hydrogen-bond acceptors (Lipinski definition) is 3. The molecule has 0 aliphatic heterocycles. The maximum absolute atomic E-state index is 14.0. The Balaban J connectivity index is 2.43. The van der Waals surface area contributed by atoms with Gasteiger partial charge in [0.25, 0.3) is 0 Å². The van der Waals surface area contributed by atoms with Gasteiger partial charge in [-0.3, -0.25) is 9.52 Å². The van der Waals surface area contributed by atoms with Crippen molar-refractivity contribution in [2.45, 2.75) is 5.92 Å². The van der Waals surface area contributed by atoms with Crippen LogP contribution in [0.3, 0.4) is 0 Å². The maximum Gasteiger partial charge on any atom is 0.229 e. The van der Waals surface area contributed by atoms with E-state index in [9.17, 15) is 17.6 Å². The third-order valence-corrected chi connectivity index (χ3v) is 3.63. The zero-order chi connectivity index (χ0) is 16.3. The zero-order valence-electron chi connectivity index (χ0n) is 11.8. The number of rotatable bonds is 5. The van der Waals surface area contributed by atoms with Gasteiger partial charge in [0.1, 0.15) is 5.82 Å². The molecule has 0 radical (unpaired) electrons. The number of nitrogens with one attached hydrogen (secondary N) is 1. The van der Waals surface area contributed by atoms with Crippen LogP contribution in [0.4, 0.5) is 10.1 Å². The van der Waals surface area contributed by atoms with Crippen LogP contribution in [0.25, 0.3) is 0 Å². The van der Waals surface area contributed by atoms with Gasteiger partial charge in [-0.1, -0.05) is 36.4 Å². The Morgan fingerprint density at radius 2 is 1.77 bits per heavy atom. The minimum atomic E-state index is -3.58. The summed E-state index contributed by atoms with van der Waals surface area (Å²) in [6.07, 6.45) is 0.927. The SMILES string of the molecule is CS(=O)(=O)Nc1ccc(C(C(N)=O)c2ccccc2)cc1F. The van der Waals surface area contributed by atoms with E-state index >= 15 is 0 Å². The molecule has 0 saturated heterocycles. The molecule has 2 aromatic carbocycles. The summed E-state index contributed by atoms with van der Waals surface area (Å²) in [5.41, 5.74) is 6.23. The second-order valence-electron chi connectivity index (χ2n) is 4.86. The maximum atomic E-state index is 14.0. The summed E-state index contributed by atoms with van der Waals surface area (Å²) >= 11 is 0. The summed E-state index contributed by atoms with van der Waals surface area (Å²) in [5, 5.41) is 0. The number of primary amides is 1. The van der Waals surface area contributed by atoms with Crippen molar-refractivity contribution in [3.63, 3.8) is 0 Å². The van der Waals surface area contributed by atoms with E-state index in [2.05, 4.69) is 4.72 Å². The molecule has 0 saturated carbocycles. The van der Waals surface area contributed by atoms with E-state index < -0.39 is 27.7 Å². The van der Waals surface area contributed by atoms with Crippen molar-refractivity contribution in [3.05, 3.63) is 65.5 Å². The van der Waals surface area contributed by atoms with Crippen LogP contribution in [0.2, 0.25) is 0 Å². The number of amides is 1. The molecule has 5 nitrogen and oxygen atoms in total. The molecule has 0 heterocycles. The average molecular weight is 322 g/mol. The van der Waals surface area contributed by atoms with Gasteiger partial charge in [0.05, 0.1) is 17.9 Å². The van der Waals surface area contributed by atoms with Gasteiger partial charge >= 0.3 is 0 Å². The number of hydrogen-bond donors (Lipinski definition) is 2. The van der Waals surface area contributed by atoms with Crippen LogP contribution in [0.5, 0.6) is 0 Å². The first-order valence-electron chi connectivity index (χ1n) is 6.39. The van der Waals surface area contributed by atoms with Crippen molar-refractivity contribution >= 4 is 21.6 Å². The van der Waals surface area contributed by atoms with Crippen molar-refractivity contribution in [2.75, 3.05) is 11.0 Å². The highest BCUT2D eigenvalue weighted by Gasteiger charge is 2.21. The number of nitrogens with two attached hydrogens (primary N) is 1. The van der Waals surface area contributed by atoms with E-state index in [0.717, 1.165) is 12.3 Å². The topological polar surface area (TPSA) is 89.3 Å². The van der Waals surface area contributed by atoms with Gasteiger partial charge in [-0.2, -0.15) is 0 Å². The van der Waals surface area contributed by atoms with Crippen molar-refractivity contribution in [1.82, 2.24) is 0 Å². The standard InChI is InChI=1S/C15H15FN2O3S/c1-22(20,21)18-13-8-7-11(9-12(13)16)14(15(17)19)10-5-3-2-4-6-10/h2-9,14,18H,1H3,(H2,17,19). The molecule has 22 heavy (non-hydrogen) atoms.